The van der Waals surface area contributed by atoms with Crippen molar-refractivity contribution in [2.75, 3.05) is 6.54 Å². The molecule has 0 saturated carbocycles. The first-order valence-electron chi connectivity index (χ1n) is 8.98. The van der Waals surface area contributed by atoms with Crippen LogP contribution in [0.15, 0.2) is 24.3 Å². The van der Waals surface area contributed by atoms with Gasteiger partial charge in [0, 0.05) is 29.4 Å². The van der Waals surface area contributed by atoms with E-state index in [-0.39, 0.29) is 5.92 Å². The van der Waals surface area contributed by atoms with E-state index >= 15 is 0 Å². The molecule has 1 unspecified atom stereocenters. The van der Waals surface area contributed by atoms with E-state index in [4.69, 9.17) is 11.6 Å². The number of hydrogen-bond donors (Lipinski definition) is 2. The van der Waals surface area contributed by atoms with Crippen molar-refractivity contribution in [3.05, 3.63) is 51.8 Å². The summed E-state index contributed by atoms with van der Waals surface area (Å²) in [6.07, 6.45) is 0.677. The van der Waals surface area contributed by atoms with E-state index in [1.807, 2.05) is 49.7 Å². The normalized spacial score (nSPS) is 12.5. The minimum absolute atomic E-state index is 0.361. The van der Waals surface area contributed by atoms with Crippen LogP contribution in [0.1, 0.15) is 42.8 Å². The van der Waals surface area contributed by atoms with Crippen LogP contribution in [0, 0.1) is 25.7 Å². The SMILES string of the molecule is Cc1nn(Cc2ccc(Cl)cc2)c(C)c1CNCC(CC(C)C)C(=O)O. The van der Waals surface area contributed by atoms with Crippen LogP contribution in [0.25, 0.3) is 0 Å². The maximum Gasteiger partial charge on any atom is 0.307 e. The molecule has 142 valence electrons. The molecule has 0 aliphatic carbocycles. The number of carboxylic acid groups (broad SMARTS) is 1. The van der Waals surface area contributed by atoms with Crippen molar-refractivity contribution in [3.63, 3.8) is 0 Å². The number of benzene rings is 1. The lowest BCUT2D eigenvalue weighted by molar-refractivity contribution is -0.142. The molecule has 0 radical (unpaired) electrons. The molecule has 26 heavy (non-hydrogen) atoms. The standard InChI is InChI=1S/C20H28ClN3O2/c1-13(2)9-17(20(25)26)10-22-11-19-14(3)23-24(15(19)4)12-16-5-7-18(21)8-6-16/h5-8,13,17,22H,9-12H2,1-4H3,(H,25,26). The fraction of sp³-hybridized carbons (Fsp3) is 0.500. The van der Waals surface area contributed by atoms with Gasteiger partial charge in [-0.25, -0.2) is 0 Å². The number of carbonyl (C=O) groups is 1. The monoisotopic (exact) mass is 377 g/mol. The van der Waals surface area contributed by atoms with Crippen LogP contribution in [-0.2, 0) is 17.9 Å². The second-order valence-corrected chi connectivity index (χ2v) is 7.67. The summed E-state index contributed by atoms with van der Waals surface area (Å²) in [7, 11) is 0. The van der Waals surface area contributed by atoms with Crippen molar-refractivity contribution >= 4 is 17.6 Å². The molecule has 1 aromatic heterocycles. The van der Waals surface area contributed by atoms with Crippen LogP contribution >= 0.6 is 11.6 Å². The molecule has 5 nitrogen and oxygen atoms in total. The average Bonchev–Trinajstić information content (AvgIpc) is 2.82. The number of hydrogen-bond acceptors (Lipinski definition) is 3. The summed E-state index contributed by atoms with van der Waals surface area (Å²) < 4.78 is 1.98. The molecule has 0 bridgehead atoms. The molecule has 0 spiro atoms. The van der Waals surface area contributed by atoms with E-state index in [1.165, 1.54) is 0 Å². The second kappa shape index (κ2) is 9.19. The lowest BCUT2D eigenvalue weighted by Gasteiger charge is -2.15. The Morgan fingerprint density at radius 3 is 2.50 bits per heavy atom. The number of rotatable bonds is 9. The molecule has 1 atom stereocenters. The first-order chi connectivity index (χ1) is 12.3. The fourth-order valence-corrected chi connectivity index (χ4v) is 3.24. The van der Waals surface area contributed by atoms with E-state index in [0.29, 0.717) is 32.0 Å². The smallest absolute Gasteiger partial charge is 0.307 e. The Hall–Kier alpha value is -1.85. The Morgan fingerprint density at radius 1 is 1.27 bits per heavy atom. The molecule has 2 aromatic rings. The van der Waals surface area contributed by atoms with Gasteiger partial charge in [0.25, 0.3) is 0 Å². The highest BCUT2D eigenvalue weighted by Gasteiger charge is 2.19. The fourth-order valence-electron chi connectivity index (χ4n) is 3.12. The Bertz CT molecular complexity index is 738. The molecule has 1 heterocycles. The van der Waals surface area contributed by atoms with E-state index in [9.17, 15) is 9.90 Å². The number of halogens is 1. The van der Waals surface area contributed by atoms with Crippen LogP contribution in [0.3, 0.4) is 0 Å². The molecule has 6 heteroatoms. The molecule has 1 aromatic carbocycles. The molecule has 2 N–H and O–H groups in total. The summed E-state index contributed by atoms with van der Waals surface area (Å²) in [4.78, 5) is 11.4. The van der Waals surface area contributed by atoms with Gasteiger partial charge in [0.2, 0.25) is 0 Å². The van der Waals surface area contributed by atoms with Gasteiger partial charge in [0.05, 0.1) is 18.2 Å². The summed E-state index contributed by atoms with van der Waals surface area (Å²) in [6.45, 7) is 9.92. The van der Waals surface area contributed by atoms with Crippen molar-refractivity contribution < 1.29 is 9.90 Å². The molecule has 0 aliphatic heterocycles. The van der Waals surface area contributed by atoms with Crippen molar-refractivity contribution in [1.29, 1.82) is 0 Å². The van der Waals surface area contributed by atoms with Crippen molar-refractivity contribution in [2.24, 2.45) is 11.8 Å². The summed E-state index contributed by atoms with van der Waals surface area (Å²) in [5, 5.41) is 18.0. The number of carboxylic acids is 1. The molecule has 0 saturated heterocycles. The van der Waals surface area contributed by atoms with Crippen LogP contribution < -0.4 is 5.32 Å². The minimum Gasteiger partial charge on any atom is -0.481 e. The molecule has 0 amide bonds. The van der Waals surface area contributed by atoms with Gasteiger partial charge in [-0.3, -0.25) is 9.48 Å². The Morgan fingerprint density at radius 2 is 1.92 bits per heavy atom. The molecule has 0 aliphatic rings. The summed E-state index contributed by atoms with van der Waals surface area (Å²) in [5.74, 6) is -0.735. The minimum atomic E-state index is -0.738. The number of nitrogens with one attached hydrogen (secondary N) is 1. The quantitative estimate of drug-likeness (QED) is 0.692. The van der Waals surface area contributed by atoms with Gasteiger partial charge in [-0.1, -0.05) is 37.6 Å². The zero-order valence-electron chi connectivity index (χ0n) is 15.9. The summed E-state index contributed by atoms with van der Waals surface area (Å²) >= 11 is 5.94. The van der Waals surface area contributed by atoms with Crippen molar-refractivity contribution in [3.8, 4) is 0 Å². The van der Waals surface area contributed by atoms with Gasteiger partial charge in [-0.2, -0.15) is 5.10 Å². The van der Waals surface area contributed by atoms with E-state index in [1.54, 1.807) is 0 Å². The van der Waals surface area contributed by atoms with Crippen molar-refractivity contribution in [1.82, 2.24) is 15.1 Å². The van der Waals surface area contributed by atoms with Gasteiger partial charge in [0.1, 0.15) is 0 Å². The molecular formula is C20H28ClN3O2. The van der Waals surface area contributed by atoms with Gasteiger partial charge in [-0.15, -0.1) is 0 Å². The zero-order chi connectivity index (χ0) is 19.3. The zero-order valence-corrected chi connectivity index (χ0v) is 16.7. The Kier molecular flexibility index (Phi) is 7.23. The largest absolute Gasteiger partial charge is 0.481 e. The number of aliphatic carboxylic acids is 1. The molecule has 0 fully saturated rings. The lowest BCUT2D eigenvalue weighted by Crippen LogP contribution is -2.29. The third-order valence-electron chi connectivity index (χ3n) is 4.57. The highest BCUT2D eigenvalue weighted by molar-refractivity contribution is 6.30. The Labute approximate surface area is 160 Å². The maximum atomic E-state index is 11.4. The summed E-state index contributed by atoms with van der Waals surface area (Å²) in [6, 6.07) is 7.76. The van der Waals surface area contributed by atoms with Crippen molar-refractivity contribution in [2.45, 2.75) is 47.2 Å². The first-order valence-corrected chi connectivity index (χ1v) is 9.36. The topological polar surface area (TPSA) is 67.2 Å². The van der Waals surface area contributed by atoms with Crippen LogP contribution in [0.5, 0.6) is 0 Å². The van der Waals surface area contributed by atoms with Gasteiger partial charge in [-0.05, 0) is 43.9 Å². The summed E-state index contributed by atoms with van der Waals surface area (Å²) in [5.41, 5.74) is 4.34. The van der Waals surface area contributed by atoms with E-state index < -0.39 is 5.97 Å². The van der Waals surface area contributed by atoms with Crippen LogP contribution in [-0.4, -0.2) is 27.4 Å². The van der Waals surface area contributed by atoms with E-state index in [0.717, 1.165) is 27.5 Å². The average molecular weight is 378 g/mol. The third-order valence-corrected chi connectivity index (χ3v) is 4.83. The van der Waals surface area contributed by atoms with E-state index in [2.05, 4.69) is 17.3 Å². The Balaban J connectivity index is 2.00. The first kappa shape index (κ1) is 20.5. The van der Waals surface area contributed by atoms with Gasteiger partial charge >= 0.3 is 5.97 Å². The van der Waals surface area contributed by atoms with Gasteiger partial charge in [0.15, 0.2) is 0 Å². The van der Waals surface area contributed by atoms with Crippen LogP contribution in [0.2, 0.25) is 5.02 Å². The highest BCUT2D eigenvalue weighted by atomic mass is 35.5. The molecular weight excluding hydrogens is 350 g/mol. The predicted octanol–water partition coefficient (Wildman–Crippen LogP) is 4.04. The predicted molar refractivity (Wildman–Crippen MR) is 105 cm³/mol. The number of aryl methyl sites for hydroxylation is 1. The third kappa shape index (κ3) is 5.58. The highest BCUT2D eigenvalue weighted by Crippen LogP contribution is 2.17. The molecule has 2 rings (SSSR count). The van der Waals surface area contributed by atoms with Crippen LogP contribution in [0.4, 0.5) is 0 Å². The second-order valence-electron chi connectivity index (χ2n) is 7.23. The maximum absolute atomic E-state index is 11.4. The van der Waals surface area contributed by atoms with Gasteiger partial charge < -0.3 is 10.4 Å². The lowest BCUT2D eigenvalue weighted by atomic mass is 9.97. The number of nitrogens with zero attached hydrogens (tertiary/aromatic N) is 2. The number of aromatic nitrogens is 2.